The van der Waals surface area contributed by atoms with Crippen molar-refractivity contribution in [3.05, 3.63) is 28.3 Å². The summed E-state index contributed by atoms with van der Waals surface area (Å²) >= 11 is 0. The predicted octanol–water partition coefficient (Wildman–Crippen LogP) is 2.20. The van der Waals surface area contributed by atoms with Gasteiger partial charge in [0.25, 0.3) is 5.69 Å². The smallest absolute Gasteiger partial charge is 0.320 e. The van der Waals surface area contributed by atoms with Crippen molar-refractivity contribution >= 4 is 35.7 Å². The number of benzene rings is 1. The van der Waals surface area contributed by atoms with E-state index >= 15 is 0 Å². The van der Waals surface area contributed by atoms with Crippen LogP contribution in [0.4, 0.5) is 11.4 Å². The molecule has 10 heteroatoms. The van der Waals surface area contributed by atoms with Gasteiger partial charge in [0.15, 0.2) is 0 Å². The topological polar surface area (TPSA) is 131 Å². The van der Waals surface area contributed by atoms with Gasteiger partial charge in [-0.2, -0.15) is 0 Å². The number of nitrogens with zero attached hydrogens (tertiary/aromatic N) is 1. The lowest BCUT2D eigenvalue weighted by Crippen LogP contribution is -2.47. The zero-order valence-corrected chi connectivity index (χ0v) is 15.0. The van der Waals surface area contributed by atoms with E-state index in [-0.39, 0.29) is 23.8 Å². The molecule has 1 amide bonds. The summed E-state index contributed by atoms with van der Waals surface area (Å²) in [6.07, 6.45) is 1.01. The summed E-state index contributed by atoms with van der Waals surface area (Å²) in [5, 5.41) is 25.3. The number of ether oxygens (including phenoxy) is 1. The van der Waals surface area contributed by atoms with Crippen LogP contribution in [0.25, 0.3) is 0 Å². The average Bonchev–Trinajstić information content (AvgIpc) is 2.54. The van der Waals surface area contributed by atoms with Gasteiger partial charge in [0, 0.05) is 0 Å². The van der Waals surface area contributed by atoms with Gasteiger partial charge < -0.3 is 15.2 Å². The first-order valence-corrected chi connectivity index (χ1v) is 7.42. The van der Waals surface area contributed by atoms with E-state index in [4.69, 9.17) is 9.84 Å². The zero-order chi connectivity index (χ0) is 18.3. The van der Waals surface area contributed by atoms with E-state index in [1.54, 1.807) is 0 Å². The molecule has 0 spiro atoms. The molecule has 0 saturated heterocycles. The minimum absolute atomic E-state index is 0. The van der Waals surface area contributed by atoms with Gasteiger partial charge in [-0.3, -0.25) is 25.0 Å². The van der Waals surface area contributed by atoms with Crippen molar-refractivity contribution in [3.63, 3.8) is 0 Å². The Morgan fingerprint density at radius 2 is 2.04 bits per heavy atom. The Morgan fingerprint density at radius 1 is 1.40 bits per heavy atom. The second kappa shape index (κ2) is 10.5. The molecule has 25 heavy (non-hydrogen) atoms. The number of hydrogen-bond acceptors (Lipinski definition) is 6. The van der Waals surface area contributed by atoms with Gasteiger partial charge in [-0.05, 0) is 25.5 Å². The van der Waals surface area contributed by atoms with Crippen LogP contribution in [0, 0.1) is 10.1 Å². The molecule has 1 aromatic rings. The quantitative estimate of drug-likeness (QED) is 0.445. The Balaban J connectivity index is 0.00000576. The SMILES string of the molecule is CCCC(NC(C)C(=O)Nc1ccc(OC)cc1[N+](=O)[O-])C(=O)O.Cl. The summed E-state index contributed by atoms with van der Waals surface area (Å²) in [6, 6.07) is 2.35. The van der Waals surface area contributed by atoms with Crippen molar-refractivity contribution in [2.24, 2.45) is 0 Å². The van der Waals surface area contributed by atoms with Gasteiger partial charge in [0.2, 0.25) is 5.91 Å². The van der Waals surface area contributed by atoms with Gasteiger partial charge >= 0.3 is 5.97 Å². The van der Waals surface area contributed by atoms with Crippen molar-refractivity contribution in [3.8, 4) is 5.75 Å². The number of carboxylic acids is 1. The fraction of sp³-hybridized carbons (Fsp3) is 0.467. The molecular weight excluding hydrogens is 354 g/mol. The van der Waals surface area contributed by atoms with Gasteiger partial charge in [0.05, 0.1) is 24.1 Å². The second-order valence-corrected chi connectivity index (χ2v) is 5.20. The van der Waals surface area contributed by atoms with E-state index < -0.39 is 28.9 Å². The molecular formula is C15H22ClN3O6. The highest BCUT2D eigenvalue weighted by Crippen LogP contribution is 2.29. The molecule has 0 fully saturated rings. The molecule has 1 aromatic carbocycles. The van der Waals surface area contributed by atoms with Gasteiger partial charge in [-0.15, -0.1) is 12.4 Å². The van der Waals surface area contributed by atoms with Crippen LogP contribution < -0.4 is 15.4 Å². The number of carbonyl (C=O) groups excluding carboxylic acids is 1. The molecule has 0 aliphatic carbocycles. The van der Waals surface area contributed by atoms with Crippen molar-refractivity contribution < 1.29 is 24.4 Å². The fourth-order valence-corrected chi connectivity index (χ4v) is 2.08. The molecule has 0 aliphatic rings. The first-order valence-electron chi connectivity index (χ1n) is 7.42. The van der Waals surface area contributed by atoms with Crippen LogP contribution >= 0.6 is 12.4 Å². The number of carboxylic acid groups (broad SMARTS) is 1. The highest BCUT2D eigenvalue weighted by Gasteiger charge is 2.24. The third kappa shape index (κ3) is 6.55. The Hall–Kier alpha value is -2.39. The maximum Gasteiger partial charge on any atom is 0.320 e. The molecule has 140 valence electrons. The predicted molar refractivity (Wildman–Crippen MR) is 94.5 cm³/mol. The van der Waals surface area contributed by atoms with Gasteiger partial charge in [-0.1, -0.05) is 13.3 Å². The Morgan fingerprint density at radius 3 is 2.52 bits per heavy atom. The number of carbonyl (C=O) groups is 2. The molecule has 0 aromatic heterocycles. The highest BCUT2D eigenvalue weighted by molar-refractivity contribution is 5.97. The van der Waals surface area contributed by atoms with Gasteiger partial charge in [0.1, 0.15) is 17.5 Å². The number of anilines is 1. The van der Waals surface area contributed by atoms with E-state index in [0.717, 1.165) is 0 Å². The summed E-state index contributed by atoms with van der Waals surface area (Å²) in [6.45, 7) is 3.33. The number of hydrogen-bond donors (Lipinski definition) is 3. The van der Waals surface area contributed by atoms with Gasteiger partial charge in [-0.25, -0.2) is 0 Å². The van der Waals surface area contributed by atoms with Crippen LogP contribution in [-0.2, 0) is 9.59 Å². The standard InChI is InChI=1S/C15H21N3O6.ClH/c1-4-5-12(15(20)21)16-9(2)14(19)17-11-7-6-10(24-3)8-13(11)18(22)23;/h6-9,12,16H,4-5H2,1-3H3,(H,17,19)(H,20,21);1H. The maximum absolute atomic E-state index is 12.2. The van der Waals surface area contributed by atoms with Crippen LogP contribution in [0.3, 0.4) is 0 Å². The largest absolute Gasteiger partial charge is 0.496 e. The molecule has 2 unspecified atom stereocenters. The lowest BCUT2D eigenvalue weighted by molar-refractivity contribution is -0.384. The normalized spacial score (nSPS) is 12.4. The number of amides is 1. The van der Waals surface area contributed by atoms with Crippen molar-refractivity contribution in [1.82, 2.24) is 5.32 Å². The molecule has 9 nitrogen and oxygen atoms in total. The van der Waals surface area contributed by atoms with Crippen LogP contribution in [0.15, 0.2) is 18.2 Å². The molecule has 0 radical (unpaired) electrons. The minimum atomic E-state index is -1.05. The minimum Gasteiger partial charge on any atom is -0.496 e. The first kappa shape index (κ1) is 22.6. The van der Waals surface area contributed by atoms with Crippen molar-refractivity contribution in [2.45, 2.75) is 38.8 Å². The molecule has 3 N–H and O–H groups in total. The van der Waals surface area contributed by atoms with Crippen molar-refractivity contribution in [2.75, 3.05) is 12.4 Å². The summed E-state index contributed by atoms with van der Waals surface area (Å²) in [7, 11) is 1.38. The van der Waals surface area contributed by atoms with E-state index in [9.17, 15) is 19.7 Å². The Kier molecular flexibility index (Phi) is 9.47. The summed E-state index contributed by atoms with van der Waals surface area (Å²) in [4.78, 5) is 33.8. The second-order valence-electron chi connectivity index (χ2n) is 5.20. The number of aliphatic carboxylic acids is 1. The zero-order valence-electron chi connectivity index (χ0n) is 14.1. The summed E-state index contributed by atoms with van der Waals surface area (Å²) < 4.78 is 4.92. The van der Waals surface area contributed by atoms with E-state index in [0.29, 0.717) is 18.6 Å². The number of methoxy groups -OCH3 is 1. The van der Waals surface area contributed by atoms with Crippen molar-refractivity contribution in [1.29, 1.82) is 0 Å². The molecule has 2 atom stereocenters. The van der Waals surface area contributed by atoms with Crippen LogP contribution in [0.1, 0.15) is 26.7 Å². The number of halogens is 1. The molecule has 0 bridgehead atoms. The lowest BCUT2D eigenvalue weighted by Gasteiger charge is -2.19. The van der Waals surface area contributed by atoms with E-state index in [1.807, 2.05) is 6.92 Å². The summed E-state index contributed by atoms with van der Waals surface area (Å²) in [5.74, 6) is -1.32. The fourth-order valence-electron chi connectivity index (χ4n) is 2.08. The van der Waals surface area contributed by atoms with Crippen LogP contribution in [0.5, 0.6) is 5.75 Å². The number of nitrogens with one attached hydrogen (secondary N) is 2. The monoisotopic (exact) mass is 375 g/mol. The molecule has 0 saturated carbocycles. The maximum atomic E-state index is 12.2. The third-order valence-electron chi connectivity index (χ3n) is 3.38. The number of nitro benzene ring substituents is 1. The first-order chi connectivity index (χ1) is 11.3. The number of rotatable bonds is 9. The molecule has 0 heterocycles. The Bertz CT molecular complexity index is 625. The highest BCUT2D eigenvalue weighted by atomic mass is 35.5. The molecule has 1 rings (SSSR count). The molecule has 0 aliphatic heterocycles. The Labute approximate surface area is 151 Å². The number of nitro groups is 1. The van der Waals surface area contributed by atoms with E-state index in [2.05, 4.69) is 10.6 Å². The van der Waals surface area contributed by atoms with Crippen LogP contribution in [-0.4, -0.2) is 41.1 Å². The lowest BCUT2D eigenvalue weighted by atomic mass is 10.1. The average molecular weight is 376 g/mol. The summed E-state index contributed by atoms with van der Waals surface area (Å²) in [5.41, 5.74) is -0.292. The van der Waals surface area contributed by atoms with Crippen LogP contribution in [0.2, 0.25) is 0 Å². The third-order valence-corrected chi connectivity index (χ3v) is 3.38. The van der Waals surface area contributed by atoms with E-state index in [1.165, 1.54) is 32.2 Å².